The lowest BCUT2D eigenvalue weighted by molar-refractivity contribution is 1.05. The van der Waals surface area contributed by atoms with Crippen LogP contribution in [0.15, 0.2) is 85.0 Å². The molecule has 1 aromatic carbocycles. The Balaban J connectivity index is 1.86. The summed E-state index contributed by atoms with van der Waals surface area (Å²) in [5.41, 5.74) is 5.11. The highest BCUT2D eigenvalue weighted by atomic mass is 14.1. The van der Waals surface area contributed by atoms with E-state index in [0.717, 1.165) is 25.7 Å². The average Bonchev–Trinajstić information content (AvgIpc) is 2.47. The lowest BCUT2D eigenvalue weighted by atomic mass is 9.97. The molecule has 0 aliphatic heterocycles. The summed E-state index contributed by atoms with van der Waals surface area (Å²) in [6, 6.07) is 8.88. The van der Waals surface area contributed by atoms with Gasteiger partial charge in [0.2, 0.25) is 0 Å². The van der Waals surface area contributed by atoms with Gasteiger partial charge < -0.3 is 0 Å². The molecule has 0 radical (unpaired) electrons. The first-order chi connectivity index (χ1) is 10.9. The summed E-state index contributed by atoms with van der Waals surface area (Å²) in [7, 11) is 0. The first-order valence-electron chi connectivity index (χ1n) is 8.11. The molecule has 22 heavy (non-hydrogen) atoms. The summed E-state index contributed by atoms with van der Waals surface area (Å²) in [4.78, 5) is 0. The Morgan fingerprint density at radius 2 is 0.909 bits per heavy atom. The van der Waals surface area contributed by atoms with Gasteiger partial charge in [-0.2, -0.15) is 0 Å². The minimum absolute atomic E-state index is 1.12. The zero-order valence-corrected chi connectivity index (χ0v) is 12.9. The monoisotopic (exact) mass is 286 g/mol. The summed E-state index contributed by atoms with van der Waals surface area (Å²) < 4.78 is 0. The van der Waals surface area contributed by atoms with Crippen LogP contribution in [0.3, 0.4) is 0 Å². The predicted molar refractivity (Wildman–Crippen MR) is 97.4 cm³/mol. The van der Waals surface area contributed by atoms with Crippen LogP contribution in [0.5, 0.6) is 0 Å². The van der Waals surface area contributed by atoms with Crippen molar-refractivity contribution in [2.75, 3.05) is 0 Å². The molecule has 0 N–H and O–H groups in total. The maximum Gasteiger partial charge on any atom is -0.0184 e. The SMILES string of the molecule is C1=C/CC\C=C/C(c2ccc(C3=C/C=C\CC/C=C\3)cc2)=C\1. The molecule has 0 heteroatoms. The fraction of sp³-hybridized carbons (Fsp3) is 0.182. The Morgan fingerprint density at radius 1 is 0.500 bits per heavy atom. The summed E-state index contributed by atoms with van der Waals surface area (Å²) >= 11 is 0. The Bertz CT molecular complexity index is 612. The highest BCUT2D eigenvalue weighted by Crippen LogP contribution is 2.23. The molecule has 2 aliphatic carbocycles. The molecule has 0 aromatic heterocycles. The van der Waals surface area contributed by atoms with E-state index in [9.17, 15) is 0 Å². The van der Waals surface area contributed by atoms with Crippen molar-refractivity contribution in [3.05, 3.63) is 96.2 Å². The third-order valence-corrected chi connectivity index (χ3v) is 3.97. The van der Waals surface area contributed by atoms with Crippen molar-refractivity contribution in [1.29, 1.82) is 0 Å². The summed E-state index contributed by atoms with van der Waals surface area (Å²) in [5.74, 6) is 0. The van der Waals surface area contributed by atoms with Crippen LogP contribution in [0.25, 0.3) is 11.1 Å². The van der Waals surface area contributed by atoms with E-state index in [-0.39, 0.29) is 0 Å². The van der Waals surface area contributed by atoms with E-state index in [1.54, 1.807) is 0 Å². The summed E-state index contributed by atoms with van der Waals surface area (Å²) in [6.45, 7) is 0. The minimum Gasteiger partial charge on any atom is -0.0842 e. The largest absolute Gasteiger partial charge is 0.0842 e. The molecule has 0 atom stereocenters. The number of benzene rings is 1. The van der Waals surface area contributed by atoms with E-state index in [1.807, 2.05) is 0 Å². The average molecular weight is 286 g/mol. The molecule has 2 aliphatic rings. The van der Waals surface area contributed by atoms with E-state index in [1.165, 1.54) is 22.3 Å². The third-order valence-electron chi connectivity index (χ3n) is 3.97. The molecule has 0 spiro atoms. The number of hydrogen-bond acceptors (Lipinski definition) is 0. The Morgan fingerprint density at radius 3 is 1.36 bits per heavy atom. The van der Waals surface area contributed by atoms with Crippen LogP contribution in [-0.4, -0.2) is 0 Å². The van der Waals surface area contributed by atoms with Crippen LogP contribution in [0.4, 0.5) is 0 Å². The first-order valence-corrected chi connectivity index (χ1v) is 8.11. The van der Waals surface area contributed by atoms with Crippen LogP contribution in [0.2, 0.25) is 0 Å². The topological polar surface area (TPSA) is 0 Å². The number of allylic oxidation sites excluding steroid dienone is 12. The van der Waals surface area contributed by atoms with Gasteiger partial charge in [-0.1, -0.05) is 85.0 Å². The molecule has 0 saturated heterocycles. The molecule has 0 amide bonds. The molecule has 0 saturated carbocycles. The standard InChI is InChI=1S/C22H22/c1-3-7-11-19(12-8-4-1)21-15-17-22(18-16-21)20-13-9-5-2-6-10-14-20/h3,5,7-18H,1-2,4,6H2/b7-3-,9-5-,12-8-,14-10-,19-11+,20-13+. The lowest BCUT2D eigenvalue weighted by Gasteiger charge is -2.08. The second kappa shape index (κ2) is 7.61. The van der Waals surface area contributed by atoms with Gasteiger partial charge in [0.25, 0.3) is 0 Å². The lowest BCUT2D eigenvalue weighted by Crippen LogP contribution is -1.86. The van der Waals surface area contributed by atoms with Crippen molar-refractivity contribution >= 4 is 11.1 Å². The van der Waals surface area contributed by atoms with Crippen molar-refractivity contribution in [1.82, 2.24) is 0 Å². The molecule has 0 heterocycles. The van der Waals surface area contributed by atoms with Crippen LogP contribution >= 0.6 is 0 Å². The molecule has 0 unspecified atom stereocenters. The van der Waals surface area contributed by atoms with Crippen LogP contribution in [-0.2, 0) is 0 Å². The predicted octanol–water partition coefficient (Wildman–Crippen LogP) is 6.27. The van der Waals surface area contributed by atoms with Gasteiger partial charge in [-0.3, -0.25) is 0 Å². The van der Waals surface area contributed by atoms with Gasteiger partial charge in [0.1, 0.15) is 0 Å². The number of hydrogen-bond donors (Lipinski definition) is 0. The molecular formula is C22H22. The maximum absolute atomic E-state index is 2.26. The van der Waals surface area contributed by atoms with E-state index in [2.05, 4.69) is 85.0 Å². The van der Waals surface area contributed by atoms with Crippen molar-refractivity contribution in [2.45, 2.75) is 25.7 Å². The highest BCUT2D eigenvalue weighted by Gasteiger charge is 2.02. The van der Waals surface area contributed by atoms with E-state index in [4.69, 9.17) is 0 Å². The van der Waals surface area contributed by atoms with E-state index >= 15 is 0 Å². The normalized spacial score (nSPS) is 28.5. The Hall–Kier alpha value is -2.34. The van der Waals surface area contributed by atoms with Gasteiger partial charge in [0.05, 0.1) is 0 Å². The first kappa shape index (κ1) is 14.6. The van der Waals surface area contributed by atoms with Gasteiger partial charge >= 0.3 is 0 Å². The molecule has 0 fully saturated rings. The van der Waals surface area contributed by atoms with Gasteiger partial charge in [-0.05, 0) is 48.0 Å². The number of rotatable bonds is 2. The zero-order chi connectivity index (χ0) is 15.0. The van der Waals surface area contributed by atoms with E-state index < -0.39 is 0 Å². The molecular weight excluding hydrogens is 264 g/mol. The van der Waals surface area contributed by atoms with Crippen molar-refractivity contribution in [2.24, 2.45) is 0 Å². The van der Waals surface area contributed by atoms with Gasteiger partial charge in [0.15, 0.2) is 0 Å². The fourth-order valence-electron chi connectivity index (χ4n) is 2.69. The minimum atomic E-state index is 1.12. The van der Waals surface area contributed by atoms with Gasteiger partial charge in [-0.15, -0.1) is 0 Å². The van der Waals surface area contributed by atoms with Crippen molar-refractivity contribution in [3.63, 3.8) is 0 Å². The molecule has 3 rings (SSSR count). The summed E-state index contributed by atoms with van der Waals surface area (Å²) in [5, 5.41) is 0. The zero-order valence-electron chi connectivity index (χ0n) is 12.9. The molecule has 110 valence electrons. The molecule has 0 nitrogen and oxygen atoms in total. The second-order valence-corrected chi connectivity index (χ2v) is 5.64. The van der Waals surface area contributed by atoms with Gasteiger partial charge in [-0.25, -0.2) is 0 Å². The smallest absolute Gasteiger partial charge is 0.0184 e. The second-order valence-electron chi connectivity index (χ2n) is 5.64. The van der Waals surface area contributed by atoms with Crippen molar-refractivity contribution in [3.8, 4) is 0 Å². The highest BCUT2D eigenvalue weighted by molar-refractivity contribution is 5.79. The Kier molecular flexibility index (Phi) is 5.04. The van der Waals surface area contributed by atoms with E-state index in [0.29, 0.717) is 0 Å². The molecule has 0 bridgehead atoms. The third kappa shape index (κ3) is 3.85. The maximum atomic E-state index is 2.26. The quantitative estimate of drug-likeness (QED) is 0.601. The fourth-order valence-corrected chi connectivity index (χ4v) is 2.69. The van der Waals surface area contributed by atoms with Crippen LogP contribution in [0.1, 0.15) is 36.8 Å². The molecule has 1 aromatic rings. The summed E-state index contributed by atoms with van der Waals surface area (Å²) in [6.07, 6.45) is 26.7. The van der Waals surface area contributed by atoms with Gasteiger partial charge in [0, 0.05) is 0 Å². The van der Waals surface area contributed by atoms with Crippen LogP contribution in [0, 0.1) is 0 Å². The Labute approximate surface area is 133 Å². The van der Waals surface area contributed by atoms with Crippen molar-refractivity contribution < 1.29 is 0 Å². The van der Waals surface area contributed by atoms with Crippen LogP contribution < -0.4 is 0 Å².